The smallest absolute Gasteiger partial charge is 0.337 e. The van der Waals surface area contributed by atoms with E-state index in [1.54, 1.807) is 17.4 Å². The first-order valence-electron chi connectivity index (χ1n) is 7.35. The molecule has 2 aromatic heterocycles. The minimum atomic E-state index is -0.976. The lowest BCUT2D eigenvalue weighted by molar-refractivity contribution is 0.0696. The van der Waals surface area contributed by atoms with Gasteiger partial charge in [-0.1, -0.05) is 30.3 Å². The lowest BCUT2D eigenvalue weighted by Gasteiger charge is -2.02. The van der Waals surface area contributed by atoms with Crippen LogP contribution in [0, 0.1) is 0 Å². The first-order chi connectivity index (χ1) is 11.7. The van der Waals surface area contributed by atoms with Gasteiger partial charge in [-0.3, -0.25) is 4.98 Å². The molecule has 0 saturated heterocycles. The standard InChI is InChI=1S/C19H12N2O2S/c22-19(23)15-9-14-8-13(6-7-16(14)20-10-15)18-21-17(11-24-18)12-4-2-1-3-5-12/h1-11H,(H,22,23). The molecule has 2 heterocycles. The Balaban J connectivity index is 1.76. The van der Waals surface area contributed by atoms with Crippen molar-refractivity contribution in [3.05, 3.63) is 71.7 Å². The average molecular weight is 332 g/mol. The quantitative estimate of drug-likeness (QED) is 0.589. The van der Waals surface area contributed by atoms with Crippen LogP contribution in [0.4, 0.5) is 0 Å². The minimum absolute atomic E-state index is 0.184. The van der Waals surface area contributed by atoms with Crippen LogP contribution in [0.1, 0.15) is 10.4 Å². The van der Waals surface area contributed by atoms with E-state index < -0.39 is 5.97 Å². The zero-order valence-electron chi connectivity index (χ0n) is 12.5. The Kier molecular flexibility index (Phi) is 3.55. The Morgan fingerprint density at radius 2 is 1.83 bits per heavy atom. The van der Waals surface area contributed by atoms with Gasteiger partial charge in [-0.2, -0.15) is 0 Å². The molecule has 0 saturated carbocycles. The maximum Gasteiger partial charge on any atom is 0.337 e. The van der Waals surface area contributed by atoms with E-state index in [0.717, 1.165) is 32.7 Å². The molecule has 4 rings (SSSR count). The van der Waals surface area contributed by atoms with Crippen molar-refractivity contribution in [2.45, 2.75) is 0 Å². The molecule has 0 fully saturated rings. The van der Waals surface area contributed by atoms with E-state index >= 15 is 0 Å². The molecule has 4 nitrogen and oxygen atoms in total. The Bertz CT molecular complexity index is 1040. The van der Waals surface area contributed by atoms with Crippen LogP contribution in [-0.2, 0) is 0 Å². The fourth-order valence-electron chi connectivity index (χ4n) is 2.53. The molecule has 5 heteroatoms. The largest absolute Gasteiger partial charge is 0.478 e. The van der Waals surface area contributed by atoms with Crippen LogP contribution in [0.3, 0.4) is 0 Å². The highest BCUT2D eigenvalue weighted by Gasteiger charge is 2.09. The summed E-state index contributed by atoms with van der Waals surface area (Å²) >= 11 is 1.57. The molecule has 0 bridgehead atoms. The molecule has 0 aliphatic heterocycles. The van der Waals surface area contributed by atoms with Crippen molar-refractivity contribution in [3.8, 4) is 21.8 Å². The molecule has 0 atom stereocenters. The van der Waals surface area contributed by atoms with Gasteiger partial charge >= 0.3 is 5.97 Å². The Morgan fingerprint density at radius 1 is 1.00 bits per heavy atom. The molecule has 1 N–H and O–H groups in total. The number of hydrogen-bond donors (Lipinski definition) is 1. The van der Waals surface area contributed by atoms with Gasteiger partial charge in [0, 0.05) is 28.1 Å². The fourth-order valence-corrected chi connectivity index (χ4v) is 3.36. The molecule has 0 aliphatic carbocycles. The highest BCUT2D eigenvalue weighted by Crippen LogP contribution is 2.30. The molecule has 4 aromatic rings. The summed E-state index contributed by atoms with van der Waals surface area (Å²) in [5, 5.41) is 12.8. The van der Waals surface area contributed by atoms with E-state index in [9.17, 15) is 4.79 Å². The molecule has 0 radical (unpaired) electrons. The number of aromatic nitrogens is 2. The van der Waals surface area contributed by atoms with Crippen molar-refractivity contribution < 1.29 is 9.90 Å². The lowest BCUT2D eigenvalue weighted by atomic mass is 10.1. The van der Waals surface area contributed by atoms with Gasteiger partial charge in [-0.15, -0.1) is 11.3 Å². The van der Waals surface area contributed by atoms with Gasteiger partial charge in [0.05, 0.1) is 16.8 Å². The van der Waals surface area contributed by atoms with Crippen molar-refractivity contribution in [3.63, 3.8) is 0 Å². The predicted octanol–water partition coefficient (Wildman–Crippen LogP) is 4.72. The van der Waals surface area contributed by atoms with Gasteiger partial charge in [-0.05, 0) is 24.3 Å². The van der Waals surface area contributed by atoms with Crippen molar-refractivity contribution in [2.75, 3.05) is 0 Å². The number of carboxylic acids is 1. The lowest BCUT2D eigenvalue weighted by Crippen LogP contribution is -1.96. The number of aromatic carboxylic acids is 1. The van der Waals surface area contributed by atoms with Crippen molar-refractivity contribution in [1.82, 2.24) is 9.97 Å². The number of rotatable bonds is 3. The Morgan fingerprint density at radius 3 is 2.62 bits per heavy atom. The maximum atomic E-state index is 11.1. The van der Waals surface area contributed by atoms with Crippen LogP contribution in [0.2, 0.25) is 0 Å². The van der Waals surface area contributed by atoms with Gasteiger partial charge in [0.1, 0.15) is 5.01 Å². The molecular formula is C19H12N2O2S. The van der Waals surface area contributed by atoms with E-state index in [1.807, 2.05) is 53.9 Å². The van der Waals surface area contributed by atoms with Crippen LogP contribution in [0.5, 0.6) is 0 Å². The maximum absolute atomic E-state index is 11.1. The summed E-state index contributed by atoms with van der Waals surface area (Å²) in [7, 11) is 0. The summed E-state index contributed by atoms with van der Waals surface area (Å²) in [6.45, 7) is 0. The van der Waals surface area contributed by atoms with Gasteiger partial charge in [0.15, 0.2) is 0 Å². The zero-order chi connectivity index (χ0) is 16.5. The number of nitrogens with zero attached hydrogens (tertiary/aromatic N) is 2. The number of hydrogen-bond acceptors (Lipinski definition) is 4. The zero-order valence-corrected chi connectivity index (χ0v) is 13.3. The topological polar surface area (TPSA) is 63.1 Å². The Hall–Kier alpha value is -3.05. The van der Waals surface area contributed by atoms with Crippen molar-refractivity contribution in [2.24, 2.45) is 0 Å². The molecule has 0 aliphatic rings. The molecular weight excluding hydrogens is 320 g/mol. The summed E-state index contributed by atoms with van der Waals surface area (Å²) in [5.41, 5.74) is 3.93. The van der Waals surface area contributed by atoms with E-state index in [2.05, 4.69) is 4.98 Å². The normalized spacial score (nSPS) is 10.8. The third-order valence-electron chi connectivity index (χ3n) is 3.75. The molecule has 2 aromatic carbocycles. The second-order valence-corrected chi connectivity index (χ2v) is 6.20. The molecule has 0 amide bonds. The summed E-state index contributed by atoms with van der Waals surface area (Å²) < 4.78 is 0. The van der Waals surface area contributed by atoms with E-state index in [-0.39, 0.29) is 5.56 Å². The summed E-state index contributed by atoms with van der Waals surface area (Å²) in [4.78, 5) is 20.0. The van der Waals surface area contributed by atoms with Crippen LogP contribution < -0.4 is 0 Å². The van der Waals surface area contributed by atoms with Crippen LogP contribution >= 0.6 is 11.3 Å². The Labute approximate surface area is 142 Å². The third kappa shape index (κ3) is 2.66. The molecule has 116 valence electrons. The average Bonchev–Trinajstić information content (AvgIpc) is 3.11. The van der Waals surface area contributed by atoms with Crippen molar-refractivity contribution in [1.29, 1.82) is 0 Å². The number of carboxylic acid groups (broad SMARTS) is 1. The summed E-state index contributed by atoms with van der Waals surface area (Å²) in [6.07, 6.45) is 1.38. The van der Waals surface area contributed by atoms with E-state index in [4.69, 9.17) is 10.1 Å². The molecule has 0 unspecified atom stereocenters. The molecule has 0 spiro atoms. The number of carbonyl (C=O) groups is 1. The second kappa shape index (κ2) is 5.86. The third-order valence-corrected chi connectivity index (χ3v) is 4.64. The highest BCUT2D eigenvalue weighted by atomic mass is 32.1. The monoisotopic (exact) mass is 332 g/mol. The summed E-state index contributed by atoms with van der Waals surface area (Å²) in [6, 6.07) is 17.4. The number of fused-ring (bicyclic) bond motifs is 1. The number of pyridine rings is 1. The van der Waals surface area contributed by atoms with Gasteiger partial charge < -0.3 is 5.11 Å². The van der Waals surface area contributed by atoms with E-state index in [1.165, 1.54) is 6.20 Å². The SMILES string of the molecule is O=C(O)c1cnc2ccc(-c3nc(-c4ccccc4)cs3)cc2c1. The number of benzene rings is 2. The first kappa shape index (κ1) is 14.5. The van der Waals surface area contributed by atoms with Crippen LogP contribution in [0.25, 0.3) is 32.7 Å². The minimum Gasteiger partial charge on any atom is -0.478 e. The highest BCUT2D eigenvalue weighted by molar-refractivity contribution is 7.13. The second-order valence-electron chi connectivity index (χ2n) is 5.34. The van der Waals surface area contributed by atoms with Gasteiger partial charge in [0.25, 0.3) is 0 Å². The van der Waals surface area contributed by atoms with Crippen molar-refractivity contribution >= 4 is 28.2 Å². The first-order valence-corrected chi connectivity index (χ1v) is 8.23. The van der Waals surface area contributed by atoms with E-state index in [0.29, 0.717) is 0 Å². The van der Waals surface area contributed by atoms with Crippen LogP contribution in [-0.4, -0.2) is 21.0 Å². The van der Waals surface area contributed by atoms with Gasteiger partial charge in [-0.25, -0.2) is 9.78 Å². The van der Waals surface area contributed by atoms with Gasteiger partial charge in [0.2, 0.25) is 0 Å². The predicted molar refractivity (Wildman–Crippen MR) is 95.2 cm³/mol. The summed E-state index contributed by atoms with van der Waals surface area (Å²) in [5.74, 6) is -0.976. The van der Waals surface area contributed by atoms with Crippen LogP contribution in [0.15, 0.2) is 66.2 Å². The fraction of sp³-hybridized carbons (Fsp3) is 0. The molecule has 24 heavy (non-hydrogen) atoms. The number of thiazole rings is 1.